The molecular weight excluding hydrogens is 238 g/mol. The van der Waals surface area contributed by atoms with Gasteiger partial charge < -0.3 is 5.43 Å². The van der Waals surface area contributed by atoms with E-state index in [4.69, 9.17) is 5.84 Å². The lowest BCUT2D eigenvalue weighted by molar-refractivity contribution is 0.568. The standard InChI is InChI=1S/C14H19N5/c1-9-5-6-10(8-16-9)13-17-11(14(2,3)4)7-12(18-13)19-15/h5-8H,15H2,1-4H3,(H,17,18,19). The van der Waals surface area contributed by atoms with Crippen molar-refractivity contribution in [3.63, 3.8) is 0 Å². The van der Waals surface area contributed by atoms with Crippen LogP contribution in [0.25, 0.3) is 11.4 Å². The predicted molar refractivity (Wildman–Crippen MR) is 76.5 cm³/mol. The van der Waals surface area contributed by atoms with Gasteiger partial charge in [-0.25, -0.2) is 15.8 Å². The SMILES string of the molecule is Cc1ccc(-c2nc(NN)cc(C(C)(C)C)n2)cn1. The van der Waals surface area contributed by atoms with Crippen LogP contribution in [0.1, 0.15) is 32.2 Å². The van der Waals surface area contributed by atoms with Crippen LogP contribution in [0.5, 0.6) is 0 Å². The molecule has 0 atom stereocenters. The Kier molecular flexibility index (Phi) is 3.48. The fraction of sp³-hybridized carbons (Fsp3) is 0.357. The van der Waals surface area contributed by atoms with Crippen molar-refractivity contribution < 1.29 is 0 Å². The van der Waals surface area contributed by atoms with Crippen LogP contribution in [-0.2, 0) is 5.41 Å². The van der Waals surface area contributed by atoms with Crippen LogP contribution in [0.3, 0.4) is 0 Å². The normalized spacial score (nSPS) is 11.4. The zero-order valence-electron chi connectivity index (χ0n) is 11.7. The van der Waals surface area contributed by atoms with Gasteiger partial charge in [0.15, 0.2) is 5.82 Å². The zero-order chi connectivity index (χ0) is 14.0. The van der Waals surface area contributed by atoms with Crippen molar-refractivity contribution in [1.82, 2.24) is 15.0 Å². The molecule has 0 aliphatic rings. The van der Waals surface area contributed by atoms with Gasteiger partial charge in [-0.15, -0.1) is 0 Å². The number of hydrogen-bond acceptors (Lipinski definition) is 5. The quantitative estimate of drug-likeness (QED) is 0.638. The molecular formula is C14H19N5. The minimum Gasteiger partial charge on any atom is -0.308 e. The first-order chi connectivity index (χ1) is 8.90. The number of nitrogen functional groups attached to an aromatic ring is 1. The van der Waals surface area contributed by atoms with E-state index in [0.717, 1.165) is 17.0 Å². The number of anilines is 1. The van der Waals surface area contributed by atoms with Crippen molar-refractivity contribution in [2.75, 3.05) is 5.43 Å². The summed E-state index contributed by atoms with van der Waals surface area (Å²) in [4.78, 5) is 13.3. The number of nitrogens with two attached hydrogens (primary N) is 1. The molecule has 0 radical (unpaired) electrons. The zero-order valence-corrected chi connectivity index (χ0v) is 11.7. The van der Waals surface area contributed by atoms with E-state index in [1.807, 2.05) is 25.1 Å². The van der Waals surface area contributed by atoms with Gasteiger partial charge in [0.1, 0.15) is 5.82 Å². The summed E-state index contributed by atoms with van der Waals surface area (Å²) in [6, 6.07) is 5.77. The number of nitrogens with zero attached hydrogens (tertiary/aromatic N) is 3. The molecule has 0 saturated carbocycles. The number of nitrogens with one attached hydrogen (secondary N) is 1. The number of hydrazine groups is 1. The van der Waals surface area contributed by atoms with E-state index in [-0.39, 0.29) is 5.41 Å². The second-order valence-electron chi connectivity index (χ2n) is 5.54. The molecule has 0 spiro atoms. The van der Waals surface area contributed by atoms with Crippen molar-refractivity contribution in [3.8, 4) is 11.4 Å². The van der Waals surface area contributed by atoms with Crippen LogP contribution in [0.4, 0.5) is 5.82 Å². The predicted octanol–water partition coefficient (Wildman–Crippen LogP) is 2.43. The molecule has 3 N–H and O–H groups in total. The maximum atomic E-state index is 5.48. The van der Waals surface area contributed by atoms with Gasteiger partial charge in [0.2, 0.25) is 0 Å². The Morgan fingerprint density at radius 1 is 1.16 bits per heavy atom. The smallest absolute Gasteiger partial charge is 0.163 e. The van der Waals surface area contributed by atoms with Crippen molar-refractivity contribution in [2.24, 2.45) is 5.84 Å². The van der Waals surface area contributed by atoms with Crippen molar-refractivity contribution in [2.45, 2.75) is 33.1 Å². The lowest BCUT2D eigenvalue weighted by Crippen LogP contribution is -2.17. The van der Waals surface area contributed by atoms with Crippen LogP contribution in [0.15, 0.2) is 24.4 Å². The van der Waals surface area contributed by atoms with E-state index < -0.39 is 0 Å². The van der Waals surface area contributed by atoms with Gasteiger partial charge in [-0.05, 0) is 19.1 Å². The van der Waals surface area contributed by atoms with Gasteiger partial charge in [-0.3, -0.25) is 4.98 Å². The fourth-order valence-electron chi connectivity index (χ4n) is 1.63. The van der Waals surface area contributed by atoms with Crippen LogP contribution in [0, 0.1) is 6.92 Å². The Morgan fingerprint density at radius 2 is 1.89 bits per heavy atom. The fourth-order valence-corrected chi connectivity index (χ4v) is 1.63. The van der Waals surface area contributed by atoms with E-state index in [2.05, 4.69) is 41.1 Å². The molecule has 5 heteroatoms. The first-order valence-electron chi connectivity index (χ1n) is 6.19. The summed E-state index contributed by atoms with van der Waals surface area (Å²) in [5.74, 6) is 6.72. The molecule has 0 aromatic carbocycles. The largest absolute Gasteiger partial charge is 0.308 e. The number of rotatable bonds is 2. The molecule has 2 aromatic rings. The molecule has 5 nitrogen and oxygen atoms in total. The monoisotopic (exact) mass is 257 g/mol. The van der Waals surface area contributed by atoms with Crippen molar-refractivity contribution >= 4 is 5.82 Å². The second-order valence-corrected chi connectivity index (χ2v) is 5.54. The molecule has 0 saturated heterocycles. The highest BCUT2D eigenvalue weighted by Crippen LogP contribution is 2.25. The summed E-state index contributed by atoms with van der Waals surface area (Å²) in [5.41, 5.74) is 5.31. The highest BCUT2D eigenvalue weighted by atomic mass is 15.3. The molecule has 2 aromatic heterocycles. The van der Waals surface area contributed by atoms with Gasteiger partial charge in [-0.2, -0.15) is 0 Å². The third kappa shape index (κ3) is 3.06. The lowest BCUT2D eigenvalue weighted by atomic mass is 9.92. The first-order valence-corrected chi connectivity index (χ1v) is 6.19. The minimum absolute atomic E-state index is 0.0680. The molecule has 0 unspecified atom stereocenters. The average Bonchev–Trinajstić information content (AvgIpc) is 2.38. The number of aryl methyl sites for hydroxylation is 1. The molecule has 0 aliphatic carbocycles. The molecule has 0 amide bonds. The van der Waals surface area contributed by atoms with Crippen LogP contribution in [0.2, 0.25) is 0 Å². The van der Waals surface area contributed by atoms with E-state index in [1.165, 1.54) is 0 Å². The van der Waals surface area contributed by atoms with Crippen LogP contribution in [-0.4, -0.2) is 15.0 Å². The molecule has 0 aliphatic heterocycles. The maximum absolute atomic E-state index is 5.48. The topological polar surface area (TPSA) is 76.7 Å². The summed E-state index contributed by atoms with van der Waals surface area (Å²) >= 11 is 0. The first kappa shape index (κ1) is 13.4. The minimum atomic E-state index is -0.0680. The lowest BCUT2D eigenvalue weighted by Gasteiger charge is -2.19. The molecule has 19 heavy (non-hydrogen) atoms. The average molecular weight is 257 g/mol. The Labute approximate surface area is 113 Å². The molecule has 0 bridgehead atoms. The summed E-state index contributed by atoms with van der Waals surface area (Å²) in [6.45, 7) is 8.26. The highest BCUT2D eigenvalue weighted by Gasteiger charge is 2.18. The van der Waals surface area contributed by atoms with Gasteiger partial charge in [0.25, 0.3) is 0 Å². The van der Waals surface area contributed by atoms with E-state index in [1.54, 1.807) is 6.20 Å². The molecule has 100 valence electrons. The Hall–Kier alpha value is -2.01. The van der Waals surface area contributed by atoms with Gasteiger partial charge in [0.05, 0.1) is 5.69 Å². The van der Waals surface area contributed by atoms with Crippen LogP contribution < -0.4 is 11.3 Å². The summed E-state index contributed by atoms with van der Waals surface area (Å²) in [6.07, 6.45) is 1.78. The Bertz CT molecular complexity index is 569. The van der Waals surface area contributed by atoms with E-state index in [0.29, 0.717) is 11.6 Å². The summed E-state index contributed by atoms with van der Waals surface area (Å²) < 4.78 is 0. The number of aromatic nitrogens is 3. The summed E-state index contributed by atoms with van der Waals surface area (Å²) in [5, 5.41) is 0. The second kappa shape index (κ2) is 4.93. The van der Waals surface area contributed by atoms with Crippen molar-refractivity contribution in [3.05, 3.63) is 35.8 Å². The number of hydrogen-bond donors (Lipinski definition) is 2. The van der Waals surface area contributed by atoms with Crippen LogP contribution >= 0.6 is 0 Å². The number of pyridine rings is 1. The van der Waals surface area contributed by atoms with E-state index >= 15 is 0 Å². The van der Waals surface area contributed by atoms with Crippen molar-refractivity contribution in [1.29, 1.82) is 0 Å². The van der Waals surface area contributed by atoms with E-state index in [9.17, 15) is 0 Å². The third-order valence-electron chi connectivity index (χ3n) is 2.81. The molecule has 2 heterocycles. The Balaban J connectivity index is 2.54. The highest BCUT2D eigenvalue weighted by molar-refractivity contribution is 5.56. The third-order valence-corrected chi connectivity index (χ3v) is 2.81. The Morgan fingerprint density at radius 3 is 2.42 bits per heavy atom. The van der Waals surface area contributed by atoms with Gasteiger partial charge >= 0.3 is 0 Å². The summed E-state index contributed by atoms with van der Waals surface area (Å²) in [7, 11) is 0. The maximum Gasteiger partial charge on any atom is 0.163 e. The van der Waals surface area contributed by atoms with Gasteiger partial charge in [0, 0.05) is 28.9 Å². The van der Waals surface area contributed by atoms with Gasteiger partial charge in [-0.1, -0.05) is 20.8 Å². The molecule has 0 fully saturated rings. The molecule has 2 rings (SSSR count).